The third-order valence-corrected chi connectivity index (χ3v) is 4.08. The highest BCUT2D eigenvalue weighted by Gasteiger charge is 2.36. The van der Waals surface area contributed by atoms with Gasteiger partial charge in [-0.15, -0.1) is 0 Å². The molecule has 2 heterocycles. The number of carbonyl (C=O) groups excluding carboxylic acids is 1. The van der Waals surface area contributed by atoms with Crippen molar-refractivity contribution in [2.75, 3.05) is 19.0 Å². The number of nitrogens with zero attached hydrogens (tertiary/aromatic N) is 2. The molecule has 1 unspecified atom stereocenters. The summed E-state index contributed by atoms with van der Waals surface area (Å²) in [6.07, 6.45) is -2.23. The van der Waals surface area contributed by atoms with Crippen LogP contribution in [-0.2, 0) is 10.9 Å². The molecule has 3 N–H and O–H groups in total. The molecule has 0 aliphatic carbocycles. The van der Waals surface area contributed by atoms with Gasteiger partial charge in [0.1, 0.15) is 18.0 Å². The van der Waals surface area contributed by atoms with Gasteiger partial charge in [0, 0.05) is 23.5 Å². The fraction of sp³-hybridized carbons (Fsp3) is 0.450. The zero-order valence-electron chi connectivity index (χ0n) is 17.2. The molecule has 164 valence electrons. The van der Waals surface area contributed by atoms with E-state index in [4.69, 9.17) is 10.5 Å². The number of anilines is 1. The van der Waals surface area contributed by atoms with Crippen molar-refractivity contribution in [1.82, 2.24) is 9.97 Å². The van der Waals surface area contributed by atoms with E-state index in [1.807, 2.05) is 13.8 Å². The van der Waals surface area contributed by atoms with E-state index in [-0.39, 0.29) is 23.9 Å². The van der Waals surface area contributed by atoms with Crippen molar-refractivity contribution in [3.05, 3.63) is 36.2 Å². The Kier molecular flexibility index (Phi) is 7.25. The van der Waals surface area contributed by atoms with Crippen molar-refractivity contribution < 1.29 is 27.4 Å². The summed E-state index contributed by atoms with van der Waals surface area (Å²) >= 11 is 0. The maximum atomic E-state index is 13.6. The van der Waals surface area contributed by atoms with Gasteiger partial charge in [0.2, 0.25) is 5.88 Å². The van der Waals surface area contributed by atoms with Crippen LogP contribution in [0.1, 0.15) is 32.8 Å². The summed E-state index contributed by atoms with van der Waals surface area (Å²) in [6, 6.07) is 3.85. The highest BCUT2D eigenvalue weighted by molar-refractivity contribution is 5.84. The number of hydrogen-bond acceptors (Lipinski definition) is 6. The number of halogens is 3. The normalized spacial score (nSPS) is 13.6. The summed E-state index contributed by atoms with van der Waals surface area (Å²) in [6.45, 7) is 5.55. The van der Waals surface area contributed by atoms with E-state index < -0.39 is 29.3 Å². The number of amides is 1. The molecule has 0 saturated heterocycles. The molecule has 10 heteroatoms. The maximum Gasteiger partial charge on any atom is 0.421 e. The molecule has 0 spiro atoms. The fourth-order valence-electron chi connectivity index (χ4n) is 2.99. The molecule has 2 aromatic heterocycles. The van der Waals surface area contributed by atoms with Crippen molar-refractivity contribution in [3.8, 4) is 17.0 Å². The third kappa shape index (κ3) is 6.58. The molecule has 0 fully saturated rings. The quantitative estimate of drug-likeness (QED) is 0.677. The van der Waals surface area contributed by atoms with Gasteiger partial charge >= 0.3 is 12.3 Å². The summed E-state index contributed by atoms with van der Waals surface area (Å²) in [5.41, 5.74) is 4.88. The Labute approximate surface area is 172 Å². The minimum Gasteiger partial charge on any atom is -0.475 e. The van der Waals surface area contributed by atoms with E-state index in [9.17, 15) is 18.0 Å². The largest absolute Gasteiger partial charge is 0.475 e. The predicted octanol–water partition coefficient (Wildman–Crippen LogP) is 4.48. The number of aromatic nitrogens is 2. The van der Waals surface area contributed by atoms with Crippen LogP contribution in [0.3, 0.4) is 0 Å². The first-order valence-electron chi connectivity index (χ1n) is 9.21. The SMILES string of the molecule is COC(=O)Nc1cc(-c2cnc(OCC(C)(N)CC(C)C)c(C(F)(F)F)c2)ccn1. The van der Waals surface area contributed by atoms with Gasteiger partial charge in [0.15, 0.2) is 0 Å². The molecule has 0 aromatic carbocycles. The number of methoxy groups -OCH3 is 1. The van der Waals surface area contributed by atoms with Gasteiger partial charge in [-0.1, -0.05) is 13.8 Å². The zero-order valence-corrected chi connectivity index (χ0v) is 17.2. The molecule has 0 radical (unpaired) electrons. The molecule has 0 bridgehead atoms. The van der Waals surface area contributed by atoms with E-state index in [2.05, 4.69) is 20.0 Å². The van der Waals surface area contributed by atoms with E-state index in [0.717, 1.165) is 6.07 Å². The summed E-state index contributed by atoms with van der Waals surface area (Å²) in [4.78, 5) is 19.1. The van der Waals surface area contributed by atoms with Gasteiger partial charge in [-0.25, -0.2) is 14.8 Å². The molecule has 7 nitrogen and oxygen atoms in total. The molecular weight excluding hydrogens is 401 g/mol. The van der Waals surface area contributed by atoms with Crippen LogP contribution in [0, 0.1) is 5.92 Å². The molecule has 0 aliphatic heterocycles. The van der Waals surface area contributed by atoms with Crippen LogP contribution in [-0.4, -0.2) is 35.3 Å². The lowest BCUT2D eigenvalue weighted by Gasteiger charge is -2.27. The first-order chi connectivity index (χ1) is 13.9. The Morgan fingerprint density at radius 2 is 1.93 bits per heavy atom. The van der Waals surface area contributed by atoms with Crippen molar-refractivity contribution >= 4 is 11.9 Å². The molecule has 30 heavy (non-hydrogen) atoms. The lowest BCUT2D eigenvalue weighted by atomic mass is 9.93. The van der Waals surface area contributed by atoms with Gasteiger partial charge in [-0.05, 0) is 43.0 Å². The fourth-order valence-corrected chi connectivity index (χ4v) is 2.99. The molecule has 2 rings (SSSR count). The molecule has 1 amide bonds. The second-order valence-electron chi connectivity index (χ2n) is 7.66. The second kappa shape index (κ2) is 9.29. The monoisotopic (exact) mass is 426 g/mol. The van der Waals surface area contributed by atoms with Gasteiger partial charge in [0.25, 0.3) is 0 Å². The Bertz CT molecular complexity index is 886. The molecular formula is C20H25F3N4O3. The summed E-state index contributed by atoms with van der Waals surface area (Å²) in [5.74, 6) is -0.144. The average molecular weight is 426 g/mol. The van der Waals surface area contributed by atoms with Crippen molar-refractivity contribution in [2.45, 2.75) is 38.9 Å². The average Bonchev–Trinajstić information content (AvgIpc) is 2.64. The standard InChI is InChI=1S/C20H25F3N4O3/c1-12(2)9-19(3,24)11-30-17-15(20(21,22)23)7-14(10-26-17)13-5-6-25-16(8-13)27-18(28)29-4/h5-8,10,12H,9,11,24H2,1-4H3,(H,25,27,28). The molecule has 0 saturated carbocycles. The van der Waals surface area contributed by atoms with Crippen molar-refractivity contribution in [1.29, 1.82) is 0 Å². The van der Waals surface area contributed by atoms with Crippen molar-refractivity contribution in [2.24, 2.45) is 11.7 Å². The lowest BCUT2D eigenvalue weighted by Crippen LogP contribution is -2.43. The third-order valence-electron chi connectivity index (χ3n) is 4.08. The van der Waals surface area contributed by atoms with Crippen LogP contribution in [0.4, 0.5) is 23.8 Å². The van der Waals surface area contributed by atoms with E-state index >= 15 is 0 Å². The van der Waals surface area contributed by atoms with Gasteiger partial charge in [0.05, 0.1) is 7.11 Å². The first-order valence-corrected chi connectivity index (χ1v) is 9.21. The van der Waals surface area contributed by atoms with Crippen LogP contribution in [0.15, 0.2) is 30.6 Å². The summed E-state index contributed by atoms with van der Waals surface area (Å²) in [5, 5.41) is 2.36. The number of nitrogens with two attached hydrogens (primary N) is 1. The lowest BCUT2D eigenvalue weighted by molar-refractivity contribution is -0.139. The van der Waals surface area contributed by atoms with Crippen LogP contribution in [0.25, 0.3) is 11.1 Å². The van der Waals surface area contributed by atoms with Gasteiger partial charge < -0.3 is 15.2 Å². The number of ether oxygens (including phenoxy) is 2. The Hall–Kier alpha value is -2.88. The molecule has 1 atom stereocenters. The van der Waals surface area contributed by atoms with Crippen LogP contribution >= 0.6 is 0 Å². The van der Waals surface area contributed by atoms with Gasteiger partial charge in [-0.2, -0.15) is 13.2 Å². The van der Waals surface area contributed by atoms with Crippen LogP contribution in [0.2, 0.25) is 0 Å². The maximum absolute atomic E-state index is 13.6. The minimum absolute atomic E-state index is 0.108. The Balaban J connectivity index is 2.33. The topological polar surface area (TPSA) is 99.4 Å². The number of carbonyl (C=O) groups is 1. The van der Waals surface area contributed by atoms with E-state index in [0.29, 0.717) is 12.0 Å². The Morgan fingerprint density at radius 3 is 2.53 bits per heavy atom. The van der Waals surface area contributed by atoms with Gasteiger partial charge in [-0.3, -0.25) is 5.32 Å². The minimum atomic E-state index is -4.68. The number of alkyl halides is 3. The zero-order chi connectivity index (χ0) is 22.5. The van der Waals surface area contributed by atoms with Crippen LogP contribution < -0.4 is 15.8 Å². The molecule has 2 aromatic rings. The molecule has 0 aliphatic rings. The second-order valence-corrected chi connectivity index (χ2v) is 7.66. The van der Waals surface area contributed by atoms with E-state index in [1.165, 1.54) is 31.6 Å². The highest BCUT2D eigenvalue weighted by atomic mass is 19.4. The highest BCUT2D eigenvalue weighted by Crippen LogP contribution is 2.38. The summed E-state index contributed by atoms with van der Waals surface area (Å²) < 4.78 is 50.8. The predicted molar refractivity (Wildman–Crippen MR) is 106 cm³/mol. The smallest absolute Gasteiger partial charge is 0.421 e. The van der Waals surface area contributed by atoms with E-state index in [1.54, 1.807) is 6.92 Å². The Morgan fingerprint density at radius 1 is 1.23 bits per heavy atom. The number of hydrogen-bond donors (Lipinski definition) is 2. The van der Waals surface area contributed by atoms with Crippen LogP contribution in [0.5, 0.6) is 5.88 Å². The number of nitrogens with one attached hydrogen (secondary N) is 1. The first kappa shape index (κ1) is 23.4. The van der Waals surface area contributed by atoms with Crippen molar-refractivity contribution in [3.63, 3.8) is 0 Å². The number of pyridine rings is 2. The number of rotatable bonds is 7. The summed E-state index contributed by atoms with van der Waals surface area (Å²) in [7, 11) is 1.19.